The van der Waals surface area contributed by atoms with Crippen molar-refractivity contribution in [2.45, 2.75) is 39.7 Å². The predicted molar refractivity (Wildman–Crippen MR) is 82.8 cm³/mol. The summed E-state index contributed by atoms with van der Waals surface area (Å²) in [4.78, 5) is 26.1. The van der Waals surface area contributed by atoms with Crippen molar-refractivity contribution in [3.63, 3.8) is 0 Å². The fourth-order valence-corrected chi connectivity index (χ4v) is 2.88. The van der Waals surface area contributed by atoms with E-state index < -0.39 is 0 Å². The first-order valence-corrected chi connectivity index (χ1v) is 7.68. The molecule has 3 rings (SSSR count). The van der Waals surface area contributed by atoms with Gasteiger partial charge in [0.1, 0.15) is 0 Å². The first kappa shape index (κ1) is 14.3. The molecule has 4 heteroatoms. The lowest BCUT2D eigenvalue weighted by atomic mass is 10.0. The standard InChI is InChI=1S/C17H22N2O2/c1-10(8-18-13-5-6-13)9-19-15-12(3)11(2)4-7-14(15)16(20)17(19)21/h4,7,10,13,18H,5-6,8-9H2,1-3H3. The zero-order valence-corrected chi connectivity index (χ0v) is 12.9. The third-order valence-corrected chi connectivity index (χ3v) is 4.48. The van der Waals surface area contributed by atoms with Gasteiger partial charge in [0.2, 0.25) is 0 Å². The summed E-state index contributed by atoms with van der Waals surface area (Å²) in [6.07, 6.45) is 2.52. The van der Waals surface area contributed by atoms with Crippen molar-refractivity contribution in [1.82, 2.24) is 5.32 Å². The van der Waals surface area contributed by atoms with E-state index in [1.165, 1.54) is 12.8 Å². The molecule has 0 spiro atoms. The summed E-state index contributed by atoms with van der Waals surface area (Å²) in [7, 11) is 0. The second-order valence-electron chi connectivity index (χ2n) is 6.44. The number of ketones is 1. The first-order valence-electron chi connectivity index (χ1n) is 7.68. The van der Waals surface area contributed by atoms with Crippen LogP contribution in [0.1, 0.15) is 41.3 Å². The fraction of sp³-hybridized carbons (Fsp3) is 0.529. The number of amides is 1. The number of hydrogen-bond donors (Lipinski definition) is 1. The van der Waals surface area contributed by atoms with E-state index >= 15 is 0 Å². The van der Waals surface area contributed by atoms with Crippen molar-refractivity contribution in [2.75, 3.05) is 18.0 Å². The van der Waals surface area contributed by atoms with Crippen LogP contribution in [0, 0.1) is 19.8 Å². The molecule has 1 fully saturated rings. The van der Waals surface area contributed by atoms with Crippen LogP contribution in [-0.4, -0.2) is 30.8 Å². The van der Waals surface area contributed by atoms with Crippen LogP contribution in [0.15, 0.2) is 12.1 Å². The van der Waals surface area contributed by atoms with E-state index in [2.05, 4.69) is 12.2 Å². The Morgan fingerprint density at radius 3 is 2.67 bits per heavy atom. The number of nitrogens with zero attached hydrogens (tertiary/aromatic N) is 1. The molecule has 1 aliphatic carbocycles. The minimum absolute atomic E-state index is 0.327. The predicted octanol–water partition coefficient (Wildman–Crippen LogP) is 2.22. The molecule has 0 bridgehead atoms. The van der Waals surface area contributed by atoms with Gasteiger partial charge in [-0.15, -0.1) is 0 Å². The molecule has 112 valence electrons. The molecular formula is C17H22N2O2. The number of nitrogens with one attached hydrogen (secondary N) is 1. The van der Waals surface area contributed by atoms with Crippen LogP contribution in [-0.2, 0) is 4.79 Å². The molecule has 1 aromatic rings. The Kier molecular flexibility index (Phi) is 3.57. The molecule has 1 aliphatic heterocycles. The number of rotatable bonds is 5. The summed E-state index contributed by atoms with van der Waals surface area (Å²) >= 11 is 0. The van der Waals surface area contributed by atoms with Gasteiger partial charge >= 0.3 is 0 Å². The number of anilines is 1. The fourth-order valence-electron chi connectivity index (χ4n) is 2.88. The van der Waals surface area contributed by atoms with Gasteiger partial charge in [-0.1, -0.05) is 13.0 Å². The molecule has 1 heterocycles. The number of carbonyl (C=O) groups is 2. The Labute approximate surface area is 125 Å². The minimum atomic E-state index is -0.378. The SMILES string of the molecule is Cc1ccc2c(c1C)N(CC(C)CNC1CC1)C(=O)C2=O. The molecule has 2 aliphatic rings. The van der Waals surface area contributed by atoms with Gasteiger partial charge in [-0.25, -0.2) is 0 Å². The zero-order valence-electron chi connectivity index (χ0n) is 12.9. The average Bonchev–Trinajstić information content (AvgIpc) is 3.25. The number of benzene rings is 1. The topological polar surface area (TPSA) is 49.4 Å². The maximum atomic E-state index is 12.3. The number of fused-ring (bicyclic) bond motifs is 1. The summed E-state index contributed by atoms with van der Waals surface area (Å²) in [5.74, 6) is -0.416. The number of Topliss-reactive ketones (excluding diaryl/α,β-unsaturated/α-hetero) is 1. The summed E-state index contributed by atoms with van der Waals surface area (Å²) in [6, 6.07) is 4.37. The van der Waals surface area contributed by atoms with Gasteiger partial charge in [0.15, 0.2) is 0 Å². The Hall–Kier alpha value is -1.68. The molecule has 1 aromatic carbocycles. The van der Waals surface area contributed by atoms with Gasteiger partial charge in [0, 0.05) is 12.6 Å². The van der Waals surface area contributed by atoms with Crippen LogP contribution < -0.4 is 10.2 Å². The molecule has 21 heavy (non-hydrogen) atoms. The third-order valence-electron chi connectivity index (χ3n) is 4.48. The highest BCUT2D eigenvalue weighted by atomic mass is 16.2. The lowest BCUT2D eigenvalue weighted by Crippen LogP contribution is -2.37. The molecule has 0 radical (unpaired) electrons. The Morgan fingerprint density at radius 1 is 1.29 bits per heavy atom. The van der Waals surface area contributed by atoms with Crippen molar-refractivity contribution in [3.05, 3.63) is 28.8 Å². The van der Waals surface area contributed by atoms with E-state index in [-0.39, 0.29) is 11.7 Å². The lowest BCUT2D eigenvalue weighted by Gasteiger charge is -2.23. The molecule has 4 nitrogen and oxygen atoms in total. The Bertz CT molecular complexity index is 605. The van der Waals surface area contributed by atoms with Gasteiger partial charge in [0.05, 0.1) is 11.3 Å². The third kappa shape index (κ3) is 2.60. The van der Waals surface area contributed by atoms with Crippen molar-refractivity contribution in [1.29, 1.82) is 0 Å². The summed E-state index contributed by atoms with van der Waals surface area (Å²) in [6.45, 7) is 7.61. The quantitative estimate of drug-likeness (QED) is 0.844. The smallest absolute Gasteiger partial charge is 0.299 e. The molecule has 1 atom stereocenters. The molecule has 1 amide bonds. The van der Waals surface area contributed by atoms with Crippen LogP contribution in [0.25, 0.3) is 0 Å². The summed E-state index contributed by atoms with van der Waals surface area (Å²) < 4.78 is 0. The highest BCUT2D eigenvalue weighted by Gasteiger charge is 2.37. The monoisotopic (exact) mass is 286 g/mol. The molecular weight excluding hydrogens is 264 g/mol. The van der Waals surface area contributed by atoms with Gasteiger partial charge in [-0.05, 0) is 56.3 Å². The molecule has 1 N–H and O–H groups in total. The van der Waals surface area contributed by atoms with Crippen molar-refractivity contribution in [3.8, 4) is 0 Å². The molecule has 1 unspecified atom stereocenters. The van der Waals surface area contributed by atoms with Crippen LogP contribution in [0.5, 0.6) is 0 Å². The first-order chi connectivity index (χ1) is 9.99. The van der Waals surface area contributed by atoms with Crippen molar-refractivity contribution < 1.29 is 9.59 Å². The van der Waals surface area contributed by atoms with Crippen LogP contribution in [0.4, 0.5) is 5.69 Å². The van der Waals surface area contributed by atoms with E-state index in [1.807, 2.05) is 19.9 Å². The molecule has 0 aromatic heterocycles. The van der Waals surface area contributed by atoms with Crippen molar-refractivity contribution >= 4 is 17.4 Å². The number of hydrogen-bond acceptors (Lipinski definition) is 3. The van der Waals surface area contributed by atoms with Gasteiger partial charge < -0.3 is 10.2 Å². The molecule has 0 saturated heterocycles. The van der Waals surface area contributed by atoms with Crippen LogP contribution >= 0.6 is 0 Å². The average molecular weight is 286 g/mol. The van der Waals surface area contributed by atoms with Gasteiger partial charge in [-0.2, -0.15) is 0 Å². The Morgan fingerprint density at radius 2 is 2.00 bits per heavy atom. The van der Waals surface area contributed by atoms with E-state index in [4.69, 9.17) is 0 Å². The zero-order chi connectivity index (χ0) is 15.1. The van der Waals surface area contributed by atoms with E-state index in [1.54, 1.807) is 11.0 Å². The maximum absolute atomic E-state index is 12.3. The van der Waals surface area contributed by atoms with Gasteiger partial charge in [0.25, 0.3) is 11.7 Å². The van der Waals surface area contributed by atoms with E-state index in [0.717, 1.165) is 23.4 Å². The molecule has 1 saturated carbocycles. The van der Waals surface area contributed by atoms with E-state index in [0.29, 0.717) is 24.1 Å². The van der Waals surface area contributed by atoms with Crippen molar-refractivity contribution in [2.24, 2.45) is 5.92 Å². The maximum Gasteiger partial charge on any atom is 0.299 e. The summed E-state index contributed by atoms with van der Waals surface area (Å²) in [5.41, 5.74) is 3.53. The summed E-state index contributed by atoms with van der Waals surface area (Å²) in [5, 5.41) is 3.48. The number of aryl methyl sites for hydroxylation is 1. The van der Waals surface area contributed by atoms with E-state index in [9.17, 15) is 9.59 Å². The largest absolute Gasteiger partial charge is 0.314 e. The Balaban J connectivity index is 1.80. The highest BCUT2D eigenvalue weighted by Crippen LogP contribution is 2.34. The van der Waals surface area contributed by atoms with Crippen LogP contribution in [0.3, 0.4) is 0 Å². The van der Waals surface area contributed by atoms with Gasteiger partial charge in [-0.3, -0.25) is 9.59 Å². The second-order valence-corrected chi connectivity index (χ2v) is 6.44. The lowest BCUT2D eigenvalue weighted by molar-refractivity contribution is -0.114. The second kappa shape index (κ2) is 5.26. The van der Waals surface area contributed by atoms with Crippen LogP contribution in [0.2, 0.25) is 0 Å². The number of carbonyl (C=O) groups excluding carboxylic acids is 2. The normalized spacial score (nSPS) is 19.1. The highest BCUT2D eigenvalue weighted by molar-refractivity contribution is 6.52. The minimum Gasteiger partial charge on any atom is -0.314 e.